The minimum atomic E-state index is 0.111. The summed E-state index contributed by atoms with van der Waals surface area (Å²) in [4.78, 5) is 0. The van der Waals surface area contributed by atoms with Gasteiger partial charge in [-0.15, -0.1) is 0 Å². The lowest BCUT2D eigenvalue weighted by atomic mass is 9.96. The van der Waals surface area contributed by atoms with Crippen molar-refractivity contribution in [2.24, 2.45) is 5.92 Å². The number of ether oxygens (including phenoxy) is 2. The summed E-state index contributed by atoms with van der Waals surface area (Å²) in [7, 11) is 1.64. The second kappa shape index (κ2) is 7.34. The number of H-pyrrole nitrogens is 1. The first-order valence-electron chi connectivity index (χ1n) is 7.86. The van der Waals surface area contributed by atoms with Crippen LogP contribution in [-0.2, 0) is 4.74 Å². The molecule has 1 unspecified atom stereocenters. The molecule has 2 heterocycles. The third kappa shape index (κ3) is 3.68. The maximum absolute atomic E-state index is 6.35. The first-order chi connectivity index (χ1) is 11.2. The lowest BCUT2D eigenvalue weighted by Crippen LogP contribution is -2.27. The van der Waals surface area contributed by atoms with Gasteiger partial charge in [-0.2, -0.15) is 5.10 Å². The van der Waals surface area contributed by atoms with E-state index >= 15 is 0 Å². The van der Waals surface area contributed by atoms with Gasteiger partial charge in [-0.3, -0.25) is 5.10 Å². The van der Waals surface area contributed by atoms with Crippen LogP contribution >= 0.6 is 11.6 Å². The van der Waals surface area contributed by atoms with Crippen LogP contribution in [0.15, 0.2) is 30.6 Å². The number of hydrogen-bond donors (Lipinski definition) is 2. The van der Waals surface area contributed by atoms with Crippen LogP contribution in [0.1, 0.15) is 36.6 Å². The molecule has 0 amide bonds. The predicted octanol–water partition coefficient (Wildman–Crippen LogP) is 3.50. The predicted molar refractivity (Wildman–Crippen MR) is 89.8 cm³/mol. The normalized spacial score (nSPS) is 22.2. The molecule has 0 spiro atoms. The van der Waals surface area contributed by atoms with Crippen molar-refractivity contribution in [3.63, 3.8) is 0 Å². The minimum Gasteiger partial charge on any atom is -0.497 e. The second-order valence-corrected chi connectivity index (χ2v) is 6.30. The van der Waals surface area contributed by atoms with Crippen LogP contribution in [0.3, 0.4) is 0 Å². The Bertz CT molecular complexity index is 633. The molecule has 1 aliphatic rings. The van der Waals surface area contributed by atoms with Crippen LogP contribution in [0.5, 0.6) is 5.75 Å². The van der Waals surface area contributed by atoms with Gasteiger partial charge in [0.05, 0.1) is 19.4 Å². The monoisotopic (exact) mass is 335 g/mol. The zero-order valence-corrected chi connectivity index (χ0v) is 14.1. The molecule has 3 rings (SSSR count). The molecule has 5 nitrogen and oxygen atoms in total. The number of nitrogens with zero attached hydrogens (tertiary/aromatic N) is 1. The fourth-order valence-corrected chi connectivity index (χ4v) is 3.39. The van der Waals surface area contributed by atoms with Gasteiger partial charge >= 0.3 is 0 Å². The van der Waals surface area contributed by atoms with Crippen molar-refractivity contribution < 1.29 is 9.47 Å². The molecule has 23 heavy (non-hydrogen) atoms. The Morgan fingerprint density at radius 2 is 2.39 bits per heavy atom. The van der Waals surface area contributed by atoms with Crippen LogP contribution < -0.4 is 10.1 Å². The first-order valence-corrected chi connectivity index (χ1v) is 8.24. The number of aromatic nitrogens is 2. The Kier molecular flexibility index (Phi) is 5.20. The fourth-order valence-electron chi connectivity index (χ4n) is 3.05. The van der Waals surface area contributed by atoms with Crippen LogP contribution in [0.4, 0.5) is 0 Å². The number of methoxy groups -OCH3 is 1. The van der Waals surface area contributed by atoms with Crippen molar-refractivity contribution in [2.45, 2.75) is 25.5 Å². The Balaban J connectivity index is 1.61. The topological polar surface area (TPSA) is 59.2 Å². The van der Waals surface area contributed by atoms with Gasteiger partial charge in [-0.05, 0) is 31.0 Å². The highest BCUT2D eigenvalue weighted by Crippen LogP contribution is 2.34. The zero-order chi connectivity index (χ0) is 16.2. The van der Waals surface area contributed by atoms with E-state index in [0.717, 1.165) is 41.5 Å². The van der Waals surface area contributed by atoms with Crippen LogP contribution in [-0.4, -0.2) is 30.5 Å². The highest BCUT2D eigenvalue weighted by molar-refractivity contribution is 6.31. The lowest BCUT2D eigenvalue weighted by Gasteiger charge is -2.22. The van der Waals surface area contributed by atoms with E-state index in [9.17, 15) is 0 Å². The van der Waals surface area contributed by atoms with Gasteiger partial charge in [-0.25, -0.2) is 0 Å². The molecule has 1 aromatic heterocycles. The fraction of sp³-hybridized carbons (Fsp3) is 0.471. The van der Waals surface area contributed by atoms with E-state index in [1.807, 2.05) is 30.6 Å². The molecular formula is C17H22ClN3O2. The molecule has 2 N–H and O–H groups in total. The molecule has 1 fully saturated rings. The lowest BCUT2D eigenvalue weighted by molar-refractivity contribution is 0.0900. The van der Waals surface area contributed by atoms with E-state index in [4.69, 9.17) is 21.1 Å². The zero-order valence-electron chi connectivity index (χ0n) is 13.4. The van der Waals surface area contributed by atoms with Crippen LogP contribution in [0.2, 0.25) is 5.02 Å². The number of halogens is 1. The van der Waals surface area contributed by atoms with Crippen molar-refractivity contribution in [1.29, 1.82) is 0 Å². The summed E-state index contributed by atoms with van der Waals surface area (Å²) >= 11 is 6.35. The summed E-state index contributed by atoms with van der Waals surface area (Å²) in [6.45, 7) is 3.79. The Labute approximate surface area is 141 Å². The molecule has 6 heteroatoms. The SMILES string of the molecule is COc1ccc(C(C)NC[C@H]2CCO[C@@H]2c2cn[nH]c2)c(Cl)c1. The maximum Gasteiger partial charge on any atom is 0.120 e. The van der Waals surface area contributed by atoms with Gasteiger partial charge in [0, 0.05) is 41.9 Å². The smallest absolute Gasteiger partial charge is 0.120 e. The van der Waals surface area contributed by atoms with Crippen molar-refractivity contribution in [2.75, 3.05) is 20.3 Å². The minimum absolute atomic E-state index is 0.111. The number of nitrogens with one attached hydrogen (secondary N) is 2. The molecule has 1 aromatic carbocycles. The third-order valence-electron chi connectivity index (χ3n) is 4.42. The van der Waals surface area contributed by atoms with E-state index < -0.39 is 0 Å². The third-order valence-corrected chi connectivity index (χ3v) is 4.75. The molecule has 124 valence electrons. The molecule has 2 aromatic rings. The van der Waals surface area contributed by atoms with Crippen molar-refractivity contribution in [3.05, 3.63) is 46.7 Å². The number of rotatable bonds is 6. The number of benzene rings is 1. The highest BCUT2D eigenvalue weighted by atomic mass is 35.5. The Morgan fingerprint density at radius 1 is 1.52 bits per heavy atom. The van der Waals surface area contributed by atoms with Crippen LogP contribution in [0, 0.1) is 5.92 Å². The average molecular weight is 336 g/mol. The molecule has 0 bridgehead atoms. The Morgan fingerprint density at radius 3 is 3.09 bits per heavy atom. The summed E-state index contributed by atoms with van der Waals surface area (Å²) in [5, 5.41) is 11.2. The van der Waals surface area contributed by atoms with E-state index in [0.29, 0.717) is 5.92 Å². The van der Waals surface area contributed by atoms with Gasteiger partial charge in [0.15, 0.2) is 0 Å². The van der Waals surface area contributed by atoms with Gasteiger partial charge < -0.3 is 14.8 Å². The van der Waals surface area contributed by atoms with E-state index in [2.05, 4.69) is 22.4 Å². The van der Waals surface area contributed by atoms with Gasteiger partial charge in [0.25, 0.3) is 0 Å². The van der Waals surface area contributed by atoms with E-state index in [1.54, 1.807) is 7.11 Å². The molecule has 1 saturated heterocycles. The molecular weight excluding hydrogens is 314 g/mol. The maximum atomic E-state index is 6.35. The van der Waals surface area contributed by atoms with Gasteiger partial charge in [0.1, 0.15) is 5.75 Å². The molecule has 0 saturated carbocycles. The number of hydrogen-bond acceptors (Lipinski definition) is 4. The Hall–Kier alpha value is -1.56. The van der Waals surface area contributed by atoms with Crippen LogP contribution in [0.25, 0.3) is 0 Å². The van der Waals surface area contributed by atoms with Gasteiger partial charge in [0.2, 0.25) is 0 Å². The van der Waals surface area contributed by atoms with Crippen molar-refractivity contribution >= 4 is 11.6 Å². The van der Waals surface area contributed by atoms with E-state index in [-0.39, 0.29) is 12.1 Å². The molecule has 0 radical (unpaired) electrons. The first kappa shape index (κ1) is 16.3. The average Bonchev–Trinajstić information content (AvgIpc) is 3.23. The summed E-state index contributed by atoms with van der Waals surface area (Å²) in [5.74, 6) is 1.21. The number of aromatic amines is 1. The highest BCUT2D eigenvalue weighted by Gasteiger charge is 2.30. The summed E-state index contributed by atoms with van der Waals surface area (Å²) in [6, 6.07) is 5.96. The molecule has 3 atom stereocenters. The molecule has 1 aliphatic heterocycles. The second-order valence-electron chi connectivity index (χ2n) is 5.89. The van der Waals surface area contributed by atoms with Gasteiger partial charge in [-0.1, -0.05) is 17.7 Å². The summed E-state index contributed by atoms with van der Waals surface area (Å²) in [5.41, 5.74) is 2.19. The van der Waals surface area contributed by atoms with Crippen molar-refractivity contribution in [3.8, 4) is 5.75 Å². The molecule has 0 aliphatic carbocycles. The quantitative estimate of drug-likeness (QED) is 0.848. The standard InChI is InChI=1S/C17H22ClN3O2/c1-11(15-4-3-14(22-2)7-16(15)18)19-8-12-5-6-23-17(12)13-9-20-21-10-13/h3-4,7,9-12,17,19H,5-6,8H2,1-2H3,(H,20,21)/t11?,12-,17+/m1/s1. The summed E-state index contributed by atoms with van der Waals surface area (Å²) < 4.78 is 11.1. The van der Waals surface area contributed by atoms with E-state index in [1.165, 1.54) is 0 Å². The summed E-state index contributed by atoms with van der Waals surface area (Å²) in [6.07, 6.45) is 4.91. The van der Waals surface area contributed by atoms with Crippen molar-refractivity contribution in [1.82, 2.24) is 15.5 Å². The largest absolute Gasteiger partial charge is 0.497 e.